The number of nitrogens with one attached hydrogen (secondary N) is 1. The number of aromatic nitrogens is 2. The predicted molar refractivity (Wildman–Crippen MR) is 187 cm³/mol. The maximum atomic E-state index is 13.9. The standard InChI is InChI=1S/C36H32N6O7S/c1-48-36(45)31(17-18-50-2)39-34(43)33-16-15-32(49-33)26-7-11-28(12-8-26)41(35(44)27-9-13-29(14-10-27)42(46)47)22-30-20-38-23-40(30)21-25-5-3-24(19-37)4-6-25/h3-16,20,23,31H,17-18,21-22H2,1-2H3,(H,39,43). The first-order valence-corrected chi connectivity index (χ1v) is 16.7. The molecule has 5 rings (SSSR count). The Morgan fingerprint density at radius 1 is 1.06 bits per heavy atom. The minimum atomic E-state index is -0.813. The van der Waals surface area contributed by atoms with Crippen molar-refractivity contribution in [3.05, 3.63) is 136 Å². The van der Waals surface area contributed by atoms with Gasteiger partial charge in [0, 0.05) is 41.7 Å². The van der Waals surface area contributed by atoms with E-state index in [1.165, 1.54) is 37.4 Å². The Balaban J connectivity index is 1.39. The van der Waals surface area contributed by atoms with Gasteiger partial charge in [0.25, 0.3) is 17.5 Å². The van der Waals surface area contributed by atoms with E-state index in [0.29, 0.717) is 41.3 Å². The molecule has 2 aromatic heterocycles. The summed E-state index contributed by atoms with van der Waals surface area (Å²) in [5, 5.41) is 23.0. The van der Waals surface area contributed by atoms with Crippen LogP contribution in [0, 0.1) is 21.4 Å². The number of thioether (sulfide) groups is 1. The summed E-state index contributed by atoms with van der Waals surface area (Å²) >= 11 is 1.55. The Morgan fingerprint density at radius 2 is 1.78 bits per heavy atom. The summed E-state index contributed by atoms with van der Waals surface area (Å²) in [6.45, 7) is 0.570. The molecule has 14 heteroatoms. The molecule has 0 aliphatic carbocycles. The van der Waals surface area contributed by atoms with Crippen molar-refractivity contribution in [2.45, 2.75) is 25.6 Å². The summed E-state index contributed by atoms with van der Waals surface area (Å²) in [7, 11) is 1.27. The third kappa shape index (κ3) is 8.44. The lowest BCUT2D eigenvalue weighted by Crippen LogP contribution is -2.41. The van der Waals surface area contributed by atoms with Gasteiger partial charge in [-0.15, -0.1) is 0 Å². The molecule has 5 aromatic rings. The molecule has 1 atom stereocenters. The molecule has 0 saturated heterocycles. The summed E-state index contributed by atoms with van der Waals surface area (Å²) in [5.74, 6) is -0.417. The first kappa shape index (κ1) is 35.1. The molecule has 0 aliphatic heterocycles. The summed E-state index contributed by atoms with van der Waals surface area (Å²) in [5.41, 5.74) is 3.49. The predicted octanol–water partition coefficient (Wildman–Crippen LogP) is 5.84. The second-order valence-electron chi connectivity index (χ2n) is 11.1. The van der Waals surface area contributed by atoms with Crippen LogP contribution < -0.4 is 10.2 Å². The molecule has 2 amide bonds. The molecule has 2 heterocycles. The maximum Gasteiger partial charge on any atom is 0.328 e. The number of hydrogen-bond acceptors (Lipinski definition) is 10. The number of ether oxygens (including phenoxy) is 1. The number of carbonyl (C=O) groups excluding carboxylic acids is 3. The van der Waals surface area contributed by atoms with Gasteiger partial charge in [-0.2, -0.15) is 17.0 Å². The molecule has 0 saturated carbocycles. The number of rotatable bonds is 14. The molecule has 13 nitrogen and oxygen atoms in total. The Labute approximate surface area is 291 Å². The number of imidazole rings is 1. The van der Waals surface area contributed by atoms with Crippen LogP contribution in [0.25, 0.3) is 11.3 Å². The molecule has 1 unspecified atom stereocenters. The van der Waals surface area contributed by atoms with E-state index in [2.05, 4.69) is 16.4 Å². The van der Waals surface area contributed by atoms with E-state index in [-0.39, 0.29) is 23.6 Å². The second kappa shape index (κ2) is 16.3. The van der Waals surface area contributed by atoms with E-state index in [9.17, 15) is 24.5 Å². The number of amides is 2. The largest absolute Gasteiger partial charge is 0.467 e. The summed E-state index contributed by atoms with van der Waals surface area (Å²) < 4.78 is 12.6. The van der Waals surface area contributed by atoms with Gasteiger partial charge in [0.15, 0.2) is 5.76 Å². The van der Waals surface area contributed by atoms with Crippen molar-refractivity contribution in [1.82, 2.24) is 14.9 Å². The topological polar surface area (TPSA) is 174 Å². The Kier molecular flexibility index (Phi) is 11.4. The van der Waals surface area contributed by atoms with Gasteiger partial charge in [-0.05, 0) is 84.7 Å². The number of nitrogens with zero attached hydrogens (tertiary/aromatic N) is 5. The van der Waals surface area contributed by atoms with Gasteiger partial charge >= 0.3 is 5.97 Å². The molecule has 50 heavy (non-hydrogen) atoms. The number of carbonyl (C=O) groups is 3. The third-order valence-corrected chi connectivity index (χ3v) is 8.46. The van der Waals surface area contributed by atoms with Crippen molar-refractivity contribution in [2.24, 2.45) is 0 Å². The SMILES string of the molecule is COC(=O)C(CCSC)NC(=O)c1ccc(-c2ccc(N(Cc3cncn3Cc3ccc(C#N)cc3)C(=O)c3ccc([N+](=O)[O-])cc3)cc2)o1. The van der Waals surface area contributed by atoms with E-state index in [4.69, 9.17) is 14.4 Å². The first-order chi connectivity index (χ1) is 24.2. The van der Waals surface area contributed by atoms with Crippen LogP contribution in [-0.2, 0) is 22.6 Å². The number of esters is 1. The van der Waals surface area contributed by atoms with Crippen molar-refractivity contribution in [1.29, 1.82) is 5.26 Å². The van der Waals surface area contributed by atoms with E-state index >= 15 is 0 Å². The summed E-state index contributed by atoms with van der Waals surface area (Å²) in [4.78, 5) is 55.5. The number of nitro groups is 1. The summed E-state index contributed by atoms with van der Waals surface area (Å²) in [6.07, 6.45) is 5.63. The Morgan fingerprint density at radius 3 is 2.42 bits per heavy atom. The minimum absolute atomic E-state index is 0.0210. The third-order valence-electron chi connectivity index (χ3n) is 7.82. The van der Waals surface area contributed by atoms with Gasteiger partial charge < -0.3 is 23.9 Å². The number of nitro benzene ring substituents is 1. The van der Waals surface area contributed by atoms with Crippen molar-refractivity contribution in [3.63, 3.8) is 0 Å². The Hall–Kier alpha value is -6.20. The highest BCUT2D eigenvalue weighted by molar-refractivity contribution is 7.98. The highest BCUT2D eigenvalue weighted by Crippen LogP contribution is 2.28. The lowest BCUT2D eigenvalue weighted by Gasteiger charge is -2.24. The lowest BCUT2D eigenvalue weighted by molar-refractivity contribution is -0.384. The van der Waals surface area contributed by atoms with E-state index in [0.717, 1.165) is 11.3 Å². The monoisotopic (exact) mass is 692 g/mol. The average molecular weight is 693 g/mol. The van der Waals surface area contributed by atoms with Crippen LogP contribution in [0.1, 0.15) is 44.2 Å². The molecule has 0 spiro atoms. The number of benzene rings is 3. The summed E-state index contributed by atoms with van der Waals surface area (Å²) in [6, 6.07) is 24.0. The van der Waals surface area contributed by atoms with E-state index < -0.39 is 28.7 Å². The van der Waals surface area contributed by atoms with Crippen LogP contribution in [0.3, 0.4) is 0 Å². The van der Waals surface area contributed by atoms with Crippen LogP contribution in [-0.4, -0.2) is 57.4 Å². The van der Waals surface area contributed by atoms with Crippen LogP contribution in [0.4, 0.5) is 11.4 Å². The fourth-order valence-corrected chi connectivity index (χ4v) is 5.58. The molecule has 0 fully saturated rings. The molecular formula is C36H32N6O7S. The van der Waals surface area contributed by atoms with Crippen molar-refractivity contribution >= 4 is 40.9 Å². The van der Waals surface area contributed by atoms with Gasteiger partial charge in [-0.1, -0.05) is 12.1 Å². The molecule has 1 N–H and O–H groups in total. The van der Waals surface area contributed by atoms with E-state index in [1.807, 2.05) is 23.0 Å². The Bertz CT molecular complexity index is 2020. The van der Waals surface area contributed by atoms with Crippen LogP contribution in [0.5, 0.6) is 0 Å². The number of anilines is 1. The van der Waals surface area contributed by atoms with Crippen molar-refractivity contribution < 1.29 is 28.5 Å². The quantitative estimate of drug-likeness (QED) is 0.0846. The van der Waals surface area contributed by atoms with Gasteiger partial charge in [0.1, 0.15) is 11.8 Å². The van der Waals surface area contributed by atoms with E-state index in [1.54, 1.807) is 71.7 Å². The number of hydrogen-bond donors (Lipinski definition) is 1. The average Bonchev–Trinajstić information content (AvgIpc) is 3.82. The van der Waals surface area contributed by atoms with Crippen LogP contribution >= 0.6 is 11.8 Å². The zero-order chi connectivity index (χ0) is 35.6. The minimum Gasteiger partial charge on any atom is -0.467 e. The van der Waals surface area contributed by atoms with Gasteiger partial charge in [-0.3, -0.25) is 19.7 Å². The number of furan rings is 1. The lowest BCUT2D eigenvalue weighted by atomic mass is 10.1. The molecule has 0 bridgehead atoms. The van der Waals surface area contributed by atoms with Crippen LogP contribution in [0.2, 0.25) is 0 Å². The number of non-ortho nitro benzene ring substituents is 1. The maximum absolute atomic E-state index is 13.9. The molecule has 0 radical (unpaired) electrons. The first-order valence-electron chi connectivity index (χ1n) is 15.3. The highest BCUT2D eigenvalue weighted by atomic mass is 32.2. The fraction of sp³-hybridized carbons (Fsp3) is 0.194. The smallest absolute Gasteiger partial charge is 0.328 e. The molecule has 0 aliphatic rings. The number of nitriles is 1. The van der Waals surface area contributed by atoms with Crippen molar-refractivity contribution in [2.75, 3.05) is 24.0 Å². The second-order valence-corrected chi connectivity index (χ2v) is 12.0. The number of methoxy groups -OCH3 is 1. The molecule has 3 aromatic carbocycles. The van der Waals surface area contributed by atoms with Crippen molar-refractivity contribution in [3.8, 4) is 17.4 Å². The zero-order valence-corrected chi connectivity index (χ0v) is 28.0. The normalized spacial score (nSPS) is 11.3. The zero-order valence-electron chi connectivity index (χ0n) is 27.1. The molecular weight excluding hydrogens is 660 g/mol. The van der Waals surface area contributed by atoms with Gasteiger partial charge in [0.05, 0.1) is 42.2 Å². The highest BCUT2D eigenvalue weighted by Gasteiger charge is 2.24. The van der Waals surface area contributed by atoms with Gasteiger partial charge in [0.2, 0.25) is 0 Å². The fourth-order valence-electron chi connectivity index (χ4n) is 5.10. The molecule has 254 valence electrons. The van der Waals surface area contributed by atoms with Gasteiger partial charge in [-0.25, -0.2) is 9.78 Å². The van der Waals surface area contributed by atoms with Crippen LogP contribution in [0.15, 0.2) is 102 Å².